The minimum absolute atomic E-state index is 0.249. The van der Waals surface area contributed by atoms with Gasteiger partial charge in [0.05, 0.1) is 25.4 Å². The first kappa shape index (κ1) is 67.6. The van der Waals surface area contributed by atoms with Crippen LogP contribution < -0.4 is 5.32 Å². The van der Waals surface area contributed by atoms with E-state index < -0.39 is 74.2 Å². The summed E-state index contributed by atoms with van der Waals surface area (Å²) in [5, 5.41) is 76.1. The standard InChI is InChI=1S/C60H115NO10/c1-3-5-7-9-11-13-15-17-19-20-21-22-23-24-25-26-27-28-29-30-31-32-34-35-37-39-41-43-45-47-52(63)55(65)51(50-70-60-58(68)57(67)56(66)54(49-62)71-60)61-59(69)53(64)48-46-44-42-40-38-36-33-18-16-14-12-10-8-6-4-2/h32,34,39,41,51-58,60,62-68H,3-31,33,35-38,40,42-50H2,1-2H3,(H,61,69)/b34-32+,41-39+. The fraction of sp³-hybridized carbons (Fsp3) is 0.917. The molecule has 0 bridgehead atoms. The Morgan fingerprint density at radius 3 is 1.25 bits per heavy atom. The zero-order valence-electron chi connectivity index (χ0n) is 46.0. The second-order valence-electron chi connectivity index (χ2n) is 21.4. The van der Waals surface area contributed by atoms with Crippen LogP contribution in [0.15, 0.2) is 24.3 Å². The van der Waals surface area contributed by atoms with E-state index in [9.17, 15) is 40.5 Å². The Kier molecular flexibility index (Phi) is 47.1. The highest BCUT2D eigenvalue weighted by atomic mass is 16.7. The van der Waals surface area contributed by atoms with E-state index in [-0.39, 0.29) is 12.8 Å². The predicted octanol–water partition coefficient (Wildman–Crippen LogP) is 12.9. The third-order valence-electron chi connectivity index (χ3n) is 14.7. The number of carbonyl (C=O) groups is 1. The molecule has 9 unspecified atom stereocenters. The van der Waals surface area contributed by atoms with E-state index in [4.69, 9.17) is 9.47 Å². The van der Waals surface area contributed by atoms with Gasteiger partial charge in [-0.3, -0.25) is 4.79 Å². The second-order valence-corrected chi connectivity index (χ2v) is 21.4. The molecule has 0 aromatic rings. The molecule has 1 fully saturated rings. The topological polar surface area (TPSA) is 189 Å². The van der Waals surface area contributed by atoms with Crippen LogP contribution in [0.5, 0.6) is 0 Å². The first-order chi connectivity index (χ1) is 34.7. The minimum Gasteiger partial charge on any atom is -0.394 e. The lowest BCUT2D eigenvalue weighted by Crippen LogP contribution is -2.60. The summed E-state index contributed by atoms with van der Waals surface area (Å²) in [6, 6.07) is -1.19. The quantitative estimate of drug-likeness (QED) is 0.0215. The average molecular weight is 1010 g/mol. The van der Waals surface area contributed by atoms with Crippen LogP contribution in [0.2, 0.25) is 0 Å². The lowest BCUT2D eigenvalue weighted by Gasteiger charge is -2.40. The van der Waals surface area contributed by atoms with Gasteiger partial charge < -0.3 is 50.5 Å². The number of allylic oxidation sites excluding steroid dienone is 4. The largest absolute Gasteiger partial charge is 0.394 e. The fourth-order valence-electron chi connectivity index (χ4n) is 9.81. The van der Waals surface area contributed by atoms with Crippen LogP contribution >= 0.6 is 0 Å². The monoisotopic (exact) mass is 1010 g/mol. The van der Waals surface area contributed by atoms with Gasteiger partial charge in [0.2, 0.25) is 5.91 Å². The van der Waals surface area contributed by atoms with Crippen molar-refractivity contribution in [2.45, 2.75) is 339 Å². The van der Waals surface area contributed by atoms with Crippen molar-refractivity contribution in [1.29, 1.82) is 0 Å². The Hall–Kier alpha value is -1.41. The molecule has 0 aromatic heterocycles. The molecule has 1 saturated heterocycles. The van der Waals surface area contributed by atoms with Crippen molar-refractivity contribution in [3.63, 3.8) is 0 Å². The number of aliphatic hydroxyl groups is 7. The number of aliphatic hydroxyl groups excluding tert-OH is 7. The number of hydrogen-bond donors (Lipinski definition) is 8. The molecule has 11 heteroatoms. The van der Waals surface area contributed by atoms with Crippen molar-refractivity contribution in [2.75, 3.05) is 13.2 Å². The van der Waals surface area contributed by atoms with Gasteiger partial charge in [-0.25, -0.2) is 0 Å². The van der Waals surface area contributed by atoms with Crippen molar-refractivity contribution >= 4 is 5.91 Å². The predicted molar refractivity (Wildman–Crippen MR) is 293 cm³/mol. The molecule has 0 aliphatic carbocycles. The molecule has 0 saturated carbocycles. The van der Waals surface area contributed by atoms with E-state index in [1.54, 1.807) is 0 Å². The Labute approximate surface area is 435 Å². The normalized spacial score (nSPS) is 20.3. The summed E-state index contributed by atoms with van der Waals surface area (Å²) >= 11 is 0. The summed E-state index contributed by atoms with van der Waals surface area (Å²) < 4.78 is 11.1. The van der Waals surface area contributed by atoms with E-state index in [0.29, 0.717) is 19.3 Å². The van der Waals surface area contributed by atoms with Gasteiger partial charge in [0.15, 0.2) is 6.29 Å². The first-order valence-electron chi connectivity index (χ1n) is 30.2. The number of ether oxygens (including phenoxy) is 2. The van der Waals surface area contributed by atoms with Crippen LogP contribution in [0.25, 0.3) is 0 Å². The van der Waals surface area contributed by atoms with Gasteiger partial charge in [0, 0.05) is 0 Å². The third-order valence-corrected chi connectivity index (χ3v) is 14.7. The van der Waals surface area contributed by atoms with Gasteiger partial charge >= 0.3 is 0 Å². The van der Waals surface area contributed by atoms with Gasteiger partial charge in [-0.05, 0) is 51.4 Å². The Bertz CT molecular complexity index is 1200. The lowest BCUT2D eigenvalue weighted by atomic mass is 9.98. The maximum Gasteiger partial charge on any atom is 0.249 e. The fourth-order valence-corrected chi connectivity index (χ4v) is 9.81. The van der Waals surface area contributed by atoms with Gasteiger partial charge in [0.1, 0.15) is 36.6 Å². The molecule has 1 rings (SSSR count). The number of amides is 1. The summed E-state index contributed by atoms with van der Waals surface area (Å²) in [4.78, 5) is 13.2. The summed E-state index contributed by atoms with van der Waals surface area (Å²) in [5.74, 6) is -0.707. The van der Waals surface area contributed by atoms with Crippen molar-refractivity contribution in [1.82, 2.24) is 5.32 Å². The van der Waals surface area contributed by atoms with E-state index in [2.05, 4.69) is 43.5 Å². The summed E-state index contributed by atoms with van der Waals surface area (Å²) in [6.45, 7) is 3.46. The second kappa shape index (κ2) is 49.5. The average Bonchev–Trinajstić information content (AvgIpc) is 3.37. The zero-order chi connectivity index (χ0) is 51.8. The molecule has 1 aliphatic rings. The van der Waals surface area contributed by atoms with E-state index in [0.717, 1.165) is 38.5 Å². The molecular formula is C60H115NO10. The number of rotatable bonds is 52. The van der Waals surface area contributed by atoms with Gasteiger partial charge in [-0.2, -0.15) is 0 Å². The van der Waals surface area contributed by atoms with Crippen molar-refractivity contribution in [3.05, 3.63) is 24.3 Å². The maximum atomic E-state index is 13.2. The van der Waals surface area contributed by atoms with Crippen LogP contribution in [0.1, 0.15) is 284 Å². The number of hydrogen-bond acceptors (Lipinski definition) is 10. The van der Waals surface area contributed by atoms with E-state index in [1.165, 1.54) is 199 Å². The minimum atomic E-state index is -1.67. The molecule has 1 aliphatic heterocycles. The Balaban J connectivity index is 2.28. The Morgan fingerprint density at radius 2 is 0.845 bits per heavy atom. The molecule has 0 radical (unpaired) electrons. The zero-order valence-corrected chi connectivity index (χ0v) is 46.0. The van der Waals surface area contributed by atoms with Gasteiger partial charge in [-0.15, -0.1) is 0 Å². The molecule has 9 atom stereocenters. The highest BCUT2D eigenvalue weighted by Crippen LogP contribution is 2.23. The van der Waals surface area contributed by atoms with Crippen molar-refractivity contribution < 1.29 is 50.0 Å². The molecule has 71 heavy (non-hydrogen) atoms. The smallest absolute Gasteiger partial charge is 0.249 e. The summed E-state index contributed by atoms with van der Waals surface area (Å²) in [5.41, 5.74) is 0. The van der Waals surface area contributed by atoms with Crippen LogP contribution in [0.3, 0.4) is 0 Å². The Morgan fingerprint density at radius 1 is 0.479 bits per heavy atom. The van der Waals surface area contributed by atoms with Crippen molar-refractivity contribution in [3.8, 4) is 0 Å². The first-order valence-corrected chi connectivity index (χ1v) is 30.2. The van der Waals surface area contributed by atoms with Crippen LogP contribution in [0, 0.1) is 0 Å². The third kappa shape index (κ3) is 37.9. The van der Waals surface area contributed by atoms with E-state index >= 15 is 0 Å². The van der Waals surface area contributed by atoms with Crippen LogP contribution in [0.4, 0.5) is 0 Å². The number of nitrogens with one attached hydrogen (secondary N) is 1. The molecule has 8 N–H and O–H groups in total. The highest BCUT2D eigenvalue weighted by molar-refractivity contribution is 5.80. The molecule has 0 spiro atoms. The molecule has 1 amide bonds. The number of carbonyl (C=O) groups excluding carboxylic acids is 1. The SMILES string of the molecule is CCCCCCCCCCCCCCCCCCCCCC/C=C/CC/C=C/CCCC(O)C(O)C(COC1OC(CO)C(O)C(O)C1O)NC(=O)C(O)CCCCCCCCCCCCCCCCC. The van der Waals surface area contributed by atoms with Gasteiger partial charge in [-0.1, -0.05) is 256 Å². The van der Waals surface area contributed by atoms with E-state index in [1.807, 2.05) is 0 Å². The number of unbranched alkanes of at least 4 members (excludes halogenated alkanes) is 36. The van der Waals surface area contributed by atoms with Crippen LogP contribution in [-0.2, 0) is 14.3 Å². The van der Waals surface area contributed by atoms with Crippen molar-refractivity contribution in [2.24, 2.45) is 0 Å². The summed E-state index contributed by atoms with van der Waals surface area (Å²) in [6.07, 6.45) is 48.2. The van der Waals surface area contributed by atoms with Crippen LogP contribution in [-0.4, -0.2) is 110 Å². The van der Waals surface area contributed by atoms with Gasteiger partial charge in [0.25, 0.3) is 0 Å². The highest BCUT2D eigenvalue weighted by Gasteiger charge is 2.44. The summed E-state index contributed by atoms with van der Waals surface area (Å²) in [7, 11) is 0. The maximum absolute atomic E-state index is 13.2. The molecule has 1 heterocycles. The molecule has 11 nitrogen and oxygen atoms in total. The molecule has 0 aromatic carbocycles. The molecule has 420 valence electrons. The lowest BCUT2D eigenvalue weighted by molar-refractivity contribution is -0.303. The molecular weight excluding hydrogens is 895 g/mol.